The summed E-state index contributed by atoms with van der Waals surface area (Å²) in [5.41, 5.74) is -2.28. The second-order valence-electron chi connectivity index (χ2n) is 4.72. The van der Waals surface area contributed by atoms with Crippen molar-refractivity contribution in [3.05, 3.63) is 29.8 Å². The molecule has 0 saturated heterocycles. The number of carboxylic acid groups (broad SMARTS) is 1. The largest absolute Gasteiger partial charge is 0.483 e. The number of halogens is 3. The predicted octanol–water partition coefficient (Wildman–Crippen LogP) is 1.82. The Kier molecular flexibility index (Phi) is 3.80. The van der Waals surface area contributed by atoms with Crippen LogP contribution in [0.2, 0.25) is 0 Å². The number of alkyl halides is 3. The molecule has 1 aromatic carbocycles. The highest BCUT2D eigenvalue weighted by Gasteiger charge is 2.51. The summed E-state index contributed by atoms with van der Waals surface area (Å²) in [5.74, 6) is -2.40. The van der Waals surface area contributed by atoms with Gasteiger partial charge in [0.15, 0.2) is 6.61 Å². The molecule has 1 aromatic rings. The first-order valence-corrected chi connectivity index (χ1v) is 6.08. The number of carbonyl (C=O) groups is 2. The number of benzene rings is 1. The molecule has 1 aliphatic carbocycles. The highest BCUT2D eigenvalue weighted by atomic mass is 19.4. The first-order valence-electron chi connectivity index (χ1n) is 6.08. The number of carbonyl (C=O) groups excluding carboxylic acids is 1. The maximum atomic E-state index is 12.7. The lowest BCUT2D eigenvalue weighted by Crippen LogP contribution is -2.45. The van der Waals surface area contributed by atoms with E-state index in [0.29, 0.717) is 12.8 Å². The van der Waals surface area contributed by atoms with Crippen LogP contribution in [-0.2, 0) is 15.8 Å². The smallest absolute Gasteiger partial charge is 0.419 e. The molecule has 0 spiro atoms. The maximum Gasteiger partial charge on any atom is 0.419 e. The number of nitrogens with one attached hydrogen (secondary N) is 1. The Bertz CT molecular complexity index is 567. The van der Waals surface area contributed by atoms with Crippen molar-refractivity contribution < 1.29 is 32.6 Å². The van der Waals surface area contributed by atoms with Gasteiger partial charge in [-0.15, -0.1) is 0 Å². The number of hydrogen-bond acceptors (Lipinski definition) is 3. The molecule has 21 heavy (non-hydrogen) atoms. The van der Waals surface area contributed by atoms with Gasteiger partial charge in [0.05, 0.1) is 5.56 Å². The van der Waals surface area contributed by atoms with Gasteiger partial charge in [-0.25, -0.2) is 4.79 Å². The van der Waals surface area contributed by atoms with Crippen LogP contribution >= 0.6 is 0 Å². The molecule has 1 amide bonds. The van der Waals surface area contributed by atoms with Gasteiger partial charge < -0.3 is 15.2 Å². The lowest BCUT2D eigenvalue weighted by atomic mass is 10.2. The van der Waals surface area contributed by atoms with Gasteiger partial charge in [0.25, 0.3) is 5.91 Å². The highest BCUT2D eigenvalue weighted by Crippen LogP contribution is 2.36. The van der Waals surface area contributed by atoms with Crippen molar-refractivity contribution in [3.63, 3.8) is 0 Å². The summed E-state index contributed by atoms with van der Waals surface area (Å²) in [6.07, 6.45) is -3.99. The van der Waals surface area contributed by atoms with Gasteiger partial charge in [-0.3, -0.25) is 4.79 Å². The summed E-state index contributed by atoms with van der Waals surface area (Å²) >= 11 is 0. The van der Waals surface area contributed by atoms with Crippen LogP contribution in [0.1, 0.15) is 18.4 Å². The van der Waals surface area contributed by atoms with E-state index in [0.717, 1.165) is 12.1 Å². The van der Waals surface area contributed by atoms with E-state index in [1.165, 1.54) is 12.1 Å². The summed E-state index contributed by atoms with van der Waals surface area (Å²) in [6.45, 7) is -0.678. The Morgan fingerprint density at radius 1 is 1.29 bits per heavy atom. The highest BCUT2D eigenvalue weighted by molar-refractivity contribution is 5.90. The van der Waals surface area contributed by atoms with Crippen molar-refractivity contribution in [2.24, 2.45) is 0 Å². The van der Waals surface area contributed by atoms with E-state index in [-0.39, 0.29) is 0 Å². The van der Waals surface area contributed by atoms with Gasteiger partial charge in [0, 0.05) is 0 Å². The fourth-order valence-corrected chi connectivity index (χ4v) is 1.79. The minimum absolute atomic E-state index is 0.299. The second kappa shape index (κ2) is 5.27. The van der Waals surface area contributed by atoms with Crippen LogP contribution in [-0.4, -0.2) is 29.1 Å². The number of carboxylic acids is 1. The normalized spacial score (nSPS) is 16.1. The average molecular weight is 303 g/mol. The molecule has 0 unspecified atom stereocenters. The van der Waals surface area contributed by atoms with E-state index < -0.39 is 41.5 Å². The summed E-state index contributed by atoms with van der Waals surface area (Å²) in [6, 6.07) is 4.49. The molecule has 0 radical (unpaired) electrons. The molecule has 0 aliphatic heterocycles. The molecule has 2 rings (SSSR count). The number of amides is 1. The standard InChI is InChI=1S/C13H12F3NO4/c14-13(15,16)8-3-1-2-4-9(8)21-7-10(18)17-12(5-6-12)11(19)20/h1-4H,5-7H2,(H,17,18)(H,19,20). The zero-order valence-electron chi connectivity index (χ0n) is 10.7. The van der Waals surface area contributed by atoms with Gasteiger partial charge >= 0.3 is 12.1 Å². The Morgan fingerprint density at radius 2 is 1.90 bits per heavy atom. The SMILES string of the molecule is O=C(COc1ccccc1C(F)(F)F)NC1(C(=O)O)CC1. The van der Waals surface area contributed by atoms with Gasteiger partial charge in [-0.1, -0.05) is 12.1 Å². The molecule has 0 atom stereocenters. The van der Waals surface area contributed by atoms with E-state index >= 15 is 0 Å². The van der Waals surface area contributed by atoms with Crippen molar-refractivity contribution in [1.82, 2.24) is 5.32 Å². The van der Waals surface area contributed by atoms with Crippen LogP contribution in [0.15, 0.2) is 24.3 Å². The average Bonchev–Trinajstić information content (AvgIpc) is 3.16. The third-order valence-electron chi connectivity index (χ3n) is 3.09. The summed E-state index contributed by atoms with van der Waals surface area (Å²) < 4.78 is 43.0. The molecule has 5 nitrogen and oxygen atoms in total. The van der Waals surface area contributed by atoms with Gasteiger partial charge in [-0.05, 0) is 25.0 Å². The maximum absolute atomic E-state index is 12.7. The number of aliphatic carboxylic acids is 1. The number of ether oxygens (including phenoxy) is 1. The quantitative estimate of drug-likeness (QED) is 0.870. The summed E-state index contributed by atoms with van der Waals surface area (Å²) in [7, 11) is 0. The Labute approximate surface area is 117 Å². The minimum Gasteiger partial charge on any atom is -0.483 e. The van der Waals surface area contributed by atoms with Gasteiger partial charge in [0.1, 0.15) is 11.3 Å². The molecule has 0 heterocycles. The molecule has 1 fully saturated rings. The van der Waals surface area contributed by atoms with E-state index in [2.05, 4.69) is 5.32 Å². The molecular weight excluding hydrogens is 291 g/mol. The Hall–Kier alpha value is -2.25. The number of para-hydroxylation sites is 1. The Morgan fingerprint density at radius 3 is 2.43 bits per heavy atom. The van der Waals surface area contributed by atoms with Crippen molar-refractivity contribution in [2.75, 3.05) is 6.61 Å². The van der Waals surface area contributed by atoms with Crippen LogP contribution in [0, 0.1) is 0 Å². The molecule has 8 heteroatoms. The lowest BCUT2D eigenvalue weighted by Gasteiger charge is -2.15. The van der Waals surface area contributed by atoms with E-state index in [1.807, 2.05) is 0 Å². The molecular formula is C13H12F3NO4. The van der Waals surface area contributed by atoms with Crippen molar-refractivity contribution in [2.45, 2.75) is 24.6 Å². The first kappa shape index (κ1) is 15.1. The summed E-state index contributed by atoms with van der Waals surface area (Å²) in [5, 5.41) is 11.1. The van der Waals surface area contributed by atoms with Gasteiger partial charge in [0.2, 0.25) is 0 Å². The topological polar surface area (TPSA) is 75.6 Å². The van der Waals surface area contributed by atoms with Crippen LogP contribution in [0.25, 0.3) is 0 Å². The molecule has 114 valence electrons. The molecule has 0 bridgehead atoms. The molecule has 0 aromatic heterocycles. The van der Waals surface area contributed by atoms with Crippen molar-refractivity contribution in [1.29, 1.82) is 0 Å². The zero-order chi connectivity index (χ0) is 15.7. The third kappa shape index (κ3) is 3.45. The van der Waals surface area contributed by atoms with Crippen molar-refractivity contribution >= 4 is 11.9 Å². The summed E-state index contributed by atoms with van der Waals surface area (Å²) in [4.78, 5) is 22.4. The van der Waals surface area contributed by atoms with Crippen LogP contribution < -0.4 is 10.1 Å². The molecule has 1 saturated carbocycles. The van der Waals surface area contributed by atoms with Crippen LogP contribution in [0.3, 0.4) is 0 Å². The zero-order valence-corrected chi connectivity index (χ0v) is 10.7. The monoisotopic (exact) mass is 303 g/mol. The fraction of sp³-hybridized carbons (Fsp3) is 0.385. The van der Waals surface area contributed by atoms with E-state index in [4.69, 9.17) is 9.84 Å². The number of rotatable bonds is 5. The van der Waals surface area contributed by atoms with Crippen LogP contribution in [0.5, 0.6) is 5.75 Å². The third-order valence-corrected chi connectivity index (χ3v) is 3.09. The predicted molar refractivity (Wildman–Crippen MR) is 64.7 cm³/mol. The van der Waals surface area contributed by atoms with E-state index in [1.54, 1.807) is 0 Å². The molecule has 1 aliphatic rings. The van der Waals surface area contributed by atoms with Crippen molar-refractivity contribution in [3.8, 4) is 5.75 Å². The minimum atomic E-state index is -4.59. The first-order chi connectivity index (χ1) is 9.74. The fourth-order valence-electron chi connectivity index (χ4n) is 1.79. The van der Waals surface area contributed by atoms with E-state index in [9.17, 15) is 22.8 Å². The second-order valence-corrected chi connectivity index (χ2v) is 4.72. The van der Waals surface area contributed by atoms with Gasteiger partial charge in [-0.2, -0.15) is 13.2 Å². The van der Waals surface area contributed by atoms with Crippen LogP contribution in [0.4, 0.5) is 13.2 Å². The lowest BCUT2D eigenvalue weighted by molar-refractivity contribution is -0.143. The Balaban J connectivity index is 1.98. The number of hydrogen-bond donors (Lipinski definition) is 2. The molecule has 2 N–H and O–H groups in total.